The molecule has 4 nitrogen and oxygen atoms in total. The van der Waals surface area contributed by atoms with Crippen molar-refractivity contribution in [2.75, 3.05) is 7.11 Å². The first kappa shape index (κ1) is 14.1. The molecule has 5 heteroatoms. The number of ether oxygens (including phenoxy) is 1. The van der Waals surface area contributed by atoms with E-state index in [4.69, 9.17) is 4.74 Å². The number of aromatic nitrogens is 3. The molecule has 1 aromatic carbocycles. The third kappa shape index (κ3) is 3.35. The van der Waals surface area contributed by atoms with E-state index >= 15 is 0 Å². The molecule has 2 rings (SSSR count). The van der Waals surface area contributed by atoms with Crippen LogP contribution < -0.4 is 4.74 Å². The molecular weight excluding hydrogens is 306 g/mol. The summed E-state index contributed by atoms with van der Waals surface area (Å²) in [7, 11) is 1.70. The summed E-state index contributed by atoms with van der Waals surface area (Å²) in [6.07, 6.45) is 2.85. The van der Waals surface area contributed by atoms with Crippen LogP contribution in [-0.4, -0.2) is 22.1 Å². The van der Waals surface area contributed by atoms with Gasteiger partial charge in [0.2, 0.25) is 0 Å². The largest absolute Gasteiger partial charge is 0.496 e. The van der Waals surface area contributed by atoms with Gasteiger partial charge in [-0.15, -0.1) is 5.10 Å². The summed E-state index contributed by atoms with van der Waals surface area (Å²) in [6.45, 7) is 5.08. The van der Waals surface area contributed by atoms with E-state index in [0.717, 1.165) is 28.9 Å². The highest BCUT2D eigenvalue weighted by Gasteiger charge is 2.14. The third-order valence-corrected chi connectivity index (χ3v) is 3.64. The van der Waals surface area contributed by atoms with Gasteiger partial charge in [0.15, 0.2) is 0 Å². The van der Waals surface area contributed by atoms with Crippen molar-refractivity contribution in [1.29, 1.82) is 0 Å². The van der Waals surface area contributed by atoms with Crippen molar-refractivity contribution in [1.82, 2.24) is 15.0 Å². The average Bonchev–Trinajstić information content (AvgIpc) is 2.86. The molecule has 0 aliphatic carbocycles. The lowest BCUT2D eigenvalue weighted by molar-refractivity contribution is 0.406. The van der Waals surface area contributed by atoms with Crippen molar-refractivity contribution < 1.29 is 4.74 Å². The molecule has 1 atom stereocenters. The van der Waals surface area contributed by atoms with Gasteiger partial charge in [0.1, 0.15) is 5.75 Å². The van der Waals surface area contributed by atoms with Gasteiger partial charge in [-0.1, -0.05) is 28.1 Å². The quantitative estimate of drug-likeness (QED) is 0.846. The van der Waals surface area contributed by atoms with Crippen LogP contribution in [0.2, 0.25) is 0 Å². The van der Waals surface area contributed by atoms with Gasteiger partial charge in [-0.3, -0.25) is 4.68 Å². The Labute approximate surface area is 121 Å². The van der Waals surface area contributed by atoms with Gasteiger partial charge < -0.3 is 4.74 Å². The smallest absolute Gasteiger partial charge is 0.122 e. The van der Waals surface area contributed by atoms with Crippen molar-refractivity contribution in [3.8, 4) is 5.75 Å². The van der Waals surface area contributed by atoms with Crippen molar-refractivity contribution in [3.63, 3.8) is 0 Å². The molecule has 0 aliphatic heterocycles. The molecule has 0 bridgehead atoms. The second kappa shape index (κ2) is 6.19. The lowest BCUT2D eigenvalue weighted by Gasteiger charge is -2.15. The first-order chi connectivity index (χ1) is 9.13. The molecule has 0 spiro atoms. The van der Waals surface area contributed by atoms with Gasteiger partial charge in [-0.05, 0) is 43.0 Å². The second-order valence-electron chi connectivity index (χ2n) is 4.56. The highest BCUT2D eigenvalue weighted by Crippen LogP contribution is 2.31. The van der Waals surface area contributed by atoms with Crippen molar-refractivity contribution >= 4 is 15.9 Å². The summed E-state index contributed by atoms with van der Waals surface area (Å²) < 4.78 is 8.33. The molecule has 1 heterocycles. The van der Waals surface area contributed by atoms with E-state index < -0.39 is 0 Å². The van der Waals surface area contributed by atoms with Gasteiger partial charge in [0.05, 0.1) is 12.8 Å². The summed E-state index contributed by atoms with van der Waals surface area (Å²) in [5.74, 6) is 1.24. The van der Waals surface area contributed by atoms with Crippen molar-refractivity contribution in [3.05, 3.63) is 40.1 Å². The SMILES string of the molecule is CCn1cc(CC(C)c2cc(Br)ccc2OC)nn1. The van der Waals surface area contributed by atoms with Crippen LogP contribution in [0.1, 0.15) is 31.0 Å². The Bertz CT molecular complexity index is 553. The number of aryl methyl sites for hydroxylation is 1. The van der Waals surface area contributed by atoms with E-state index in [0.29, 0.717) is 5.92 Å². The molecule has 0 saturated heterocycles. The van der Waals surface area contributed by atoms with E-state index in [2.05, 4.69) is 46.2 Å². The van der Waals surface area contributed by atoms with Crippen LogP contribution in [0.3, 0.4) is 0 Å². The van der Waals surface area contributed by atoms with Crippen LogP contribution >= 0.6 is 15.9 Å². The molecule has 1 aromatic heterocycles. The molecule has 19 heavy (non-hydrogen) atoms. The number of rotatable bonds is 5. The highest BCUT2D eigenvalue weighted by molar-refractivity contribution is 9.10. The number of hydrogen-bond donors (Lipinski definition) is 0. The number of hydrogen-bond acceptors (Lipinski definition) is 3. The highest BCUT2D eigenvalue weighted by atomic mass is 79.9. The predicted molar refractivity (Wildman–Crippen MR) is 78.5 cm³/mol. The van der Waals surface area contributed by atoms with E-state index in [1.54, 1.807) is 7.11 Å². The molecule has 1 unspecified atom stereocenters. The summed E-state index contributed by atoms with van der Waals surface area (Å²) in [4.78, 5) is 0. The Morgan fingerprint density at radius 1 is 1.42 bits per heavy atom. The van der Waals surface area contributed by atoms with E-state index in [1.165, 1.54) is 5.56 Å². The minimum absolute atomic E-state index is 0.328. The molecular formula is C14H18BrN3O. The number of benzene rings is 1. The first-order valence-corrected chi connectivity index (χ1v) is 7.15. The van der Waals surface area contributed by atoms with Crippen LogP contribution in [0.5, 0.6) is 5.75 Å². The lowest BCUT2D eigenvalue weighted by Crippen LogP contribution is -2.02. The number of nitrogens with zero attached hydrogens (tertiary/aromatic N) is 3. The topological polar surface area (TPSA) is 39.9 Å². The number of methoxy groups -OCH3 is 1. The molecule has 0 radical (unpaired) electrons. The van der Waals surface area contributed by atoms with E-state index in [1.807, 2.05) is 23.0 Å². The zero-order valence-electron chi connectivity index (χ0n) is 11.4. The zero-order chi connectivity index (χ0) is 13.8. The Kier molecular flexibility index (Phi) is 4.58. The summed E-state index contributed by atoms with van der Waals surface area (Å²) in [5, 5.41) is 8.26. The van der Waals surface area contributed by atoms with Crippen LogP contribution in [0.25, 0.3) is 0 Å². The standard InChI is InChI=1S/C14H18BrN3O/c1-4-18-9-12(16-17-18)7-10(2)13-8-11(15)5-6-14(13)19-3/h5-6,8-10H,4,7H2,1-3H3. The van der Waals surface area contributed by atoms with Gasteiger partial charge in [-0.25, -0.2) is 0 Å². The maximum atomic E-state index is 5.42. The summed E-state index contributed by atoms with van der Waals surface area (Å²) in [5.41, 5.74) is 2.19. The fourth-order valence-electron chi connectivity index (χ4n) is 2.10. The molecule has 2 aromatic rings. The van der Waals surface area contributed by atoms with Gasteiger partial charge in [-0.2, -0.15) is 0 Å². The van der Waals surface area contributed by atoms with E-state index in [-0.39, 0.29) is 0 Å². The average molecular weight is 324 g/mol. The monoisotopic (exact) mass is 323 g/mol. The van der Waals surface area contributed by atoms with E-state index in [9.17, 15) is 0 Å². The summed E-state index contributed by atoms with van der Waals surface area (Å²) >= 11 is 3.51. The van der Waals surface area contributed by atoms with Crippen LogP contribution in [0, 0.1) is 0 Å². The Balaban J connectivity index is 2.19. The third-order valence-electron chi connectivity index (χ3n) is 3.15. The molecule has 0 aliphatic rings. The fraction of sp³-hybridized carbons (Fsp3) is 0.429. The molecule has 0 fully saturated rings. The number of halogens is 1. The predicted octanol–water partition coefficient (Wildman–Crippen LogP) is 3.42. The van der Waals surface area contributed by atoms with Gasteiger partial charge in [0, 0.05) is 17.2 Å². The Morgan fingerprint density at radius 2 is 2.21 bits per heavy atom. The molecule has 0 N–H and O–H groups in total. The van der Waals surface area contributed by atoms with Crippen LogP contribution in [0.4, 0.5) is 0 Å². The normalized spacial score (nSPS) is 12.4. The fourth-order valence-corrected chi connectivity index (χ4v) is 2.48. The van der Waals surface area contributed by atoms with Gasteiger partial charge in [0.25, 0.3) is 0 Å². The van der Waals surface area contributed by atoms with Gasteiger partial charge >= 0.3 is 0 Å². The molecule has 102 valence electrons. The lowest BCUT2D eigenvalue weighted by atomic mass is 9.95. The maximum Gasteiger partial charge on any atom is 0.122 e. The molecule has 0 amide bonds. The van der Waals surface area contributed by atoms with Crippen LogP contribution in [0.15, 0.2) is 28.9 Å². The van der Waals surface area contributed by atoms with Crippen molar-refractivity contribution in [2.24, 2.45) is 0 Å². The van der Waals surface area contributed by atoms with Crippen molar-refractivity contribution in [2.45, 2.75) is 32.7 Å². The van der Waals surface area contributed by atoms with Crippen LogP contribution in [-0.2, 0) is 13.0 Å². The maximum absolute atomic E-state index is 5.42. The minimum Gasteiger partial charge on any atom is -0.496 e. The zero-order valence-corrected chi connectivity index (χ0v) is 13.0. The first-order valence-electron chi connectivity index (χ1n) is 6.36. The summed E-state index contributed by atoms with van der Waals surface area (Å²) in [6, 6.07) is 6.08. The molecule has 0 saturated carbocycles. The Morgan fingerprint density at radius 3 is 2.84 bits per heavy atom. The Hall–Kier alpha value is -1.36. The second-order valence-corrected chi connectivity index (χ2v) is 5.47. The minimum atomic E-state index is 0.328.